The molecule has 0 saturated heterocycles. The van der Waals surface area contributed by atoms with Gasteiger partial charge in [0.05, 0.1) is 0 Å². The van der Waals surface area contributed by atoms with Crippen LogP contribution in [0, 0.1) is 0 Å². The second-order valence-corrected chi connectivity index (χ2v) is 5.01. The van der Waals surface area contributed by atoms with Crippen LogP contribution in [0.2, 0.25) is 0 Å². The van der Waals surface area contributed by atoms with E-state index in [-0.39, 0.29) is 6.10 Å². The minimum atomic E-state index is -0.154. The molecule has 0 bridgehead atoms. The van der Waals surface area contributed by atoms with Crippen LogP contribution in [0.4, 0.5) is 0 Å². The SMILES string of the molecule is CCC(C)c1ccc(OC(CN)c2cccnc2)cc1. The van der Waals surface area contributed by atoms with Crippen molar-refractivity contribution >= 4 is 0 Å². The minimum Gasteiger partial charge on any atom is -0.484 e. The van der Waals surface area contributed by atoms with Crippen molar-refractivity contribution in [2.75, 3.05) is 6.54 Å². The van der Waals surface area contributed by atoms with Crippen molar-refractivity contribution in [3.8, 4) is 5.75 Å². The zero-order valence-corrected chi connectivity index (χ0v) is 12.1. The summed E-state index contributed by atoms with van der Waals surface area (Å²) in [7, 11) is 0. The van der Waals surface area contributed by atoms with Gasteiger partial charge in [-0.3, -0.25) is 4.98 Å². The largest absolute Gasteiger partial charge is 0.484 e. The highest BCUT2D eigenvalue weighted by Gasteiger charge is 2.11. The fourth-order valence-electron chi connectivity index (χ4n) is 2.09. The van der Waals surface area contributed by atoms with Gasteiger partial charge in [-0.05, 0) is 36.1 Å². The van der Waals surface area contributed by atoms with Gasteiger partial charge < -0.3 is 10.5 Å². The standard InChI is InChI=1S/C17H22N2O/c1-3-13(2)14-6-8-16(9-7-14)20-17(11-18)15-5-4-10-19-12-15/h4-10,12-13,17H,3,11,18H2,1-2H3. The van der Waals surface area contributed by atoms with Gasteiger partial charge in [0, 0.05) is 24.5 Å². The number of hydrogen-bond donors (Lipinski definition) is 1. The van der Waals surface area contributed by atoms with Crippen LogP contribution in [0.5, 0.6) is 5.75 Å². The van der Waals surface area contributed by atoms with E-state index in [0.717, 1.165) is 17.7 Å². The lowest BCUT2D eigenvalue weighted by atomic mass is 9.99. The highest BCUT2D eigenvalue weighted by Crippen LogP contribution is 2.24. The van der Waals surface area contributed by atoms with E-state index in [1.54, 1.807) is 12.4 Å². The molecule has 106 valence electrons. The fraction of sp³-hybridized carbons (Fsp3) is 0.353. The van der Waals surface area contributed by atoms with Crippen molar-refractivity contribution in [3.05, 3.63) is 59.9 Å². The Morgan fingerprint density at radius 2 is 1.90 bits per heavy atom. The lowest BCUT2D eigenvalue weighted by Gasteiger charge is -2.18. The van der Waals surface area contributed by atoms with E-state index in [0.29, 0.717) is 12.5 Å². The molecule has 0 saturated carbocycles. The van der Waals surface area contributed by atoms with Gasteiger partial charge in [-0.25, -0.2) is 0 Å². The number of ether oxygens (including phenoxy) is 1. The molecule has 2 unspecified atom stereocenters. The molecule has 0 aliphatic carbocycles. The van der Waals surface area contributed by atoms with Gasteiger partial charge in [-0.1, -0.05) is 32.0 Å². The second kappa shape index (κ2) is 7.06. The van der Waals surface area contributed by atoms with E-state index in [9.17, 15) is 0 Å². The van der Waals surface area contributed by atoms with E-state index in [2.05, 4.69) is 31.0 Å². The molecule has 0 spiro atoms. The third kappa shape index (κ3) is 3.58. The summed E-state index contributed by atoms with van der Waals surface area (Å²) in [6, 6.07) is 12.2. The molecule has 0 radical (unpaired) electrons. The first-order valence-corrected chi connectivity index (χ1v) is 7.11. The van der Waals surface area contributed by atoms with Crippen molar-refractivity contribution in [2.24, 2.45) is 5.73 Å². The Morgan fingerprint density at radius 1 is 1.15 bits per heavy atom. The maximum absolute atomic E-state index is 5.95. The molecule has 0 aliphatic heterocycles. The number of aromatic nitrogens is 1. The molecular weight excluding hydrogens is 248 g/mol. The molecular formula is C17H22N2O. The molecule has 2 atom stereocenters. The van der Waals surface area contributed by atoms with Crippen LogP contribution in [0.3, 0.4) is 0 Å². The lowest BCUT2D eigenvalue weighted by molar-refractivity contribution is 0.214. The minimum absolute atomic E-state index is 0.154. The maximum atomic E-state index is 5.95. The van der Waals surface area contributed by atoms with E-state index in [1.807, 2.05) is 24.3 Å². The Balaban J connectivity index is 2.08. The zero-order chi connectivity index (χ0) is 14.4. The van der Waals surface area contributed by atoms with Crippen molar-refractivity contribution in [3.63, 3.8) is 0 Å². The summed E-state index contributed by atoms with van der Waals surface area (Å²) in [5, 5.41) is 0. The van der Waals surface area contributed by atoms with Gasteiger partial charge in [0.15, 0.2) is 0 Å². The normalized spacial score (nSPS) is 13.8. The van der Waals surface area contributed by atoms with Gasteiger partial charge in [-0.2, -0.15) is 0 Å². The number of pyridine rings is 1. The van der Waals surface area contributed by atoms with Crippen LogP contribution in [0.25, 0.3) is 0 Å². The third-order valence-electron chi connectivity index (χ3n) is 3.61. The molecule has 2 N–H and O–H groups in total. The van der Waals surface area contributed by atoms with Crippen LogP contribution < -0.4 is 10.5 Å². The van der Waals surface area contributed by atoms with Gasteiger partial charge in [0.2, 0.25) is 0 Å². The summed E-state index contributed by atoms with van der Waals surface area (Å²) in [6.45, 7) is 4.86. The first-order valence-electron chi connectivity index (χ1n) is 7.11. The van der Waals surface area contributed by atoms with Gasteiger partial charge >= 0.3 is 0 Å². The number of nitrogens with zero attached hydrogens (tertiary/aromatic N) is 1. The summed E-state index contributed by atoms with van der Waals surface area (Å²) in [4.78, 5) is 4.11. The Morgan fingerprint density at radius 3 is 2.45 bits per heavy atom. The van der Waals surface area contributed by atoms with Crippen molar-refractivity contribution < 1.29 is 4.74 Å². The molecule has 3 heteroatoms. The average Bonchev–Trinajstić information content (AvgIpc) is 2.53. The fourth-order valence-corrected chi connectivity index (χ4v) is 2.09. The van der Waals surface area contributed by atoms with Gasteiger partial charge in [-0.15, -0.1) is 0 Å². The molecule has 3 nitrogen and oxygen atoms in total. The van der Waals surface area contributed by atoms with Crippen molar-refractivity contribution in [2.45, 2.75) is 32.3 Å². The van der Waals surface area contributed by atoms with E-state index in [4.69, 9.17) is 10.5 Å². The zero-order valence-electron chi connectivity index (χ0n) is 12.1. The first-order chi connectivity index (χ1) is 9.74. The third-order valence-corrected chi connectivity index (χ3v) is 3.61. The molecule has 0 fully saturated rings. The molecule has 1 heterocycles. The molecule has 0 aliphatic rings. The second-order valence-electron chi connectivity index (χ2n) is 5.01. The summed E-state index contributed by atoms with van der Waals surface area (Å²) in [6.07, 6.45) is 4.53. The van der Waals surface area contributed by atoms with Crippen LogP contribution in [-0.2, 0) is 0 Å². The number of benzene rings is 1. The predicted octanol–water partition coefficient (Wildman–Crippen LogP) is 3.67. The van der Waals surface area contributed by atoms with Crippen LogP contribution >= 0.6 is 0 Å². The highest BCUT2D eigenvalue weighted by molar-refractivity contribution is 5.30. The number of hydrogen-bond acceptors (Lipinski definition) is 3. The Labute approximate surface area is 120 Å². The summed E-state index contributed by atoms with van der Waals surface area (Å²) in [5.41, 5.74) is 8.14. The van der Waals surface area contributed by atoms with Crippen molar-refractivity contribution in [1.82, 2.24) is 4.98 Å². The van der Waals surface area contributed by atoms with Crippen LogP contribution in [-0.4, -0.2) is 11.5 Å². The van der Waals surface area contributed by atoms with E-state index in [1.165, 1.54) is 5.56 Å². The first kappa shape index (κ1) is 14.5. The molecule has 2 rings (SSSR count). The summed E-state index contributed by atoms with van der Waals surface area (Å²) < 4.78 is 5.95. The quantitative estimate of drug-likeness (QED) is 0.871. The summed E-state index contributed by atoms with van der Waals surface area (Å²) in [5.74, 6) is 1.42. The van der Waals surface area contributed by atoms with Crippen molar-refractivity contribution in [1.29, 1.82) is 0 Å². The highest BCUT2D eigenvalue weighted by atomic mass is 16.5. The average molecular weight is 270 g/mol. The summed E-state index contributed by atoms with van der Waals surface area (Å²) >= 11 is 0. The molecule has 0 amide bonds. The van der Waals surface area contributed by atoms with Gasteiger partial charge in [0.25, 0.3) is 0 Å². The van der Waals surface area contributed by atoms with Gasteiger partial charge in [0.1, 0.15) is 11.9 Å². The monoisotopic (exact) mass is 270 g/mol. The molecule has 1 aromatic heterocycles. The van der Waals surface area contributed by atoms with Crippen LogP contribution in [0.15, 0.2) is 48.8 Å². The predicted molar refractivity (Wildman–Crippen MR) is 81.8 cm³/mol. The topological polar surface area (TPSA) is 48.1 Å². The molecule has 20 heavy (non-hydrogen) atoms. The molecule has 2 aromatic rings. The molecule has 1 aromatic carbocycles. The Bertz CT molecular complexity index is 510. The Hall–Kier alpha value is -1.87. The number of nitrogens with two attached hydrogens (primary N) is 1. The Kier molecular flexibility index (Phi) is 5.13. The van der Waals surface area contributed by atoms with E-state index < -0.39 is 0 Å². The van der Waals surface area contributed by atoms with Crippen LogP contribution in [0.1, 0.15) is 43.4 Å². The number of rotatable bonds is 6. The van der Waals surface area contributed by atoms with E-state index >= 15 is 0 Å². The smallest absolute Gasteiger partial charge is 0.137 e. The maximum Gasteiger partial charge on any atom is 0.137 e. The lowest BCUT2D eigenvalue weighted by Crippen LogP contribution is -2.18.